The lowest BCUT2D eigenvalue weighted by molar-refractivity contribution is -0.137. The summed E-state index contributed by atoms with van der Waals surface area (Å²) < 4.78 is 43.3. The molecule has 0 aliphatic heterocycles. The molecule has 1 aromatic heterocycles. The van der Waals surface area contributed by atoms with E-state index < -0.39 is 11.7 Å². The van der Waals surface area contributed by atoms with Gasteiger partial charge in [-0.05, 0) is 67.3 Å². The van der Waals surface area contributed by atoms with Crippen LogP contribution in [0.15, 0.2) is 42.5 Å². The molecule has 1 aliphatic carbocycles. The molecular formula is C21H19F3N2O2. The predicted octanol–water partition coefficient (Wildman–Crippen LogP) is 4.48. The molecule has 2 N–H and O–H groups in total. The molecule has 1 aliphatic rings. The first-order valence-corrected chi connectivity index (χ1v) is 9.01. The van der Waals surface area contributed by atoms with Crippen molar-refractivity contribution < 1.29 is 22.7 Å². The lowest BCUT2D eigenvalue weighted by atomic mass is 9.91. The predicted molar refractivity (Wildman–Crippen MR) is 99.6 cm³/mol. The van der Waals surface area contributed by atoms with Crippen molar-refractivity contribution in [2.45, 2.75) is 31.5 Å². The zero-order valence-electron chi connectivity index (χ0n) is 15.2. The number of rotatable bonds is 3. The number of ether oxygens (including phenoxy) is 1. The van der Waals surface area contributed by atoms with Crippen LogP contribution in [0.4, 0.5) is 13.2 Å². The van der Waals surface area contributed by atoms with Crippen LogP contribution in [0.1, 0.15) is 33.6 Å². The molecule has 1 atom stereocenters. The summed E-state index contributed by atoms with van der Waals surface area (Å²) in [6, 6.07) is 10.1. The first kappa shape index (κ1) is 18.4. The summed E-state index contributed by atoms with van der Waals surface area (Å²) >= 11 is 0. The molecule has 28 heavy (non-hydrogen) atoms. The normalized spacial score (nSPS) is 16.6. The number of carbonyl (C=O) groups excluding carboxylic acids is 1. The lowest BCUT2D eigenvalue weighted by Gasteiger charge is -2.24. The van der Waals surface area contributed by atoms with E-state index in [0.717, 1.165) is 52.9 Å². The van der Waals surface area contributed by atoms with E-state index in [1.165, 1.54) is 12.1 Å². The zero-order chi connectivity index (χ0) is 19.9. The molecule has 4 nitrogen and oxygen atoms in total. The number of hydrogen-bond acceptors (Lipinski definition) is 2. The molecule has 0 saturated carbocycles. The number of hydrogen-bond donors (Lipinski definition) is 2. The average Bonchev–Trinajstić information content (AvgIpc) is 3.04. The highest BCUT2D eigenvalue weighted by Crippen LogP contribution is 2.32. The minimum Gasteiger partial charge on any atom is -0.497 e. The maximum atomic E-state index is 12.7. The van der Waals surface area contributed by atoms with Gasteiger partial charge in [-0.3, -0.25) is 4.79 Å². The highest BCUT2D eigenvalue weighted by molar-refractivity contribution is 5.94. The number of halogens is 3. The first-order valence-electron chi connectivity index (χ1n) is 9.01. The van der Waals surface area contributed by atoms with Crippen molar-refractivity contribution in [3.05, 3.63) is 64.8 Å². The Morgan fingerprint density at radius 3 is 2.61 bits per heavy atom. The van der Waals surface area contributed by atoms with Gasteiger partial charge in [0.1, 0.15) is 5.75 Å². The SMILES string of the molecule is COc1ccc2[nH]c3c(c2c1)CC(NC(=O)c1ccc(C(F)(F)F)cc1)CC3. The second kappa shape index (κ2) is 6.89. The van der Waals surface area contributed by atoms with Crippen LogP contribution >= 0.6 is 0 Å². The van der Waals surface area contributed by atoms with Crippen LogP contribution in [0, 0.1) is 0 Å². The van der Waals surface area contributed by atoms with Crippen LogP contribution < -0.4 is 10.1 Å². The van der Waals surface area contributed by atoms with Crippen molar-refractivity contribution >= 4 is 16.8 Å². The van der Waals surface area contributed by atoms with E-state index >= 15 is 0 Å². The third-order valence-corrected chi connectivity index (χ3v) is 5.20. The number of nitrogens with one attached hydrogen (secondary N) is 2. The Kier molecular flexibility index (Phi) is 4.53. The van der Waals surface area contributed by atoms with E-state index in [1.54, 1.807) is 7.11 Å². The van der Waals surface area contributed by atoms with Gasteiger partial charge in [-0.25, -0.2) is 0 Å². The van der Waals surface area contributed by atoms with E-state index in [4.69, 9.17) is 4.74 Å². The molecule has 7 heteroatoms. The highest BCUT2D eigenvalue weighted by Gasteiger charge is 2.30. The topological polar surface area (TPSA) is 54.1 Å². The van der Waals surface area contributed by atoms with Gasteiger partial charge in [0.25, 0.3) is 5.91 Å². The number of alkyl halides is 3. The fraction of sp³-hybridized carbons (Fsp3) is 0.286. The Balaban J connectivity index is 1.51. The van der Waals surface area contributed by atoms with Crippen molar-refractivity contribution in [1.29, 1.82) is 0 Å². The minimum absolute atomic E-state index is 0.0764. The number of aromatic nitrogens is 1. The largest absolute Gasteiger partial charge is 0.497 e. The van der Waals surface area contributed by atoms with Crippen molar-refractivity contribution in [1.82, 2.24) is 10.3 Å². The van der Waals surface area contributed by atoms with Gasteiger partial charge in [-0.1, -0.05) is 0 Å². The summed E-state index contributed by atoms with van der Waals surface area (Å²) in [5, 5.41) is 4.02. The van der Waals surface area contributed by atoms with Gasteiger partial charge >= 0.3 is 6.18 Å². The van der Waals surface area contributed by atoms with Gasteiger partial charge in [-0.2, -0.15) is 13.2 Å². The molecule has 146 valence electrons. The van der Waals surface area contributed by atoms with Crippen LogP contribution in [-0.2, 0) is 19.0 Å². The quantitative estimate of drug-likeness (QED) is 0.695. The fourth-order valence-electron chi connectivity index (χ4n) is 3.73. The number of benzene rings is 2. The van der Waals surface area contributed by atoms with Gasteiger partial charge in [-0.15, -0.1) is 0 Å². The molecule has 0 saturated heterocycles. The molecule has 0 fully saturated rings. The Labute approximate surface area is 159 Å². The van der Waals surface area contributed by atoms with Crippen LogP contribution in [-0.4, -0.2) is 24.0 Å². The molecule has 2 aromatic carbocycles. The van der Waals surface area contributed by atoms with Crippen LogP contribution in [0.25, 0.3) is 10.9 Å². The zero-order valence-corrected chi connectivity index (χ0v) is 15.2. The number of methoxy groups -OCH3 is 1. The maximum Gasteiger partial charge on any atom is 0.416 e. The number of H-pyrrole nitrogens is 1. The molecule has 3 aromatic rings. The smallest absolute Gasteiger partial charge is 0.416 e. The number of fused-ring (bicyclic) bond motifs is 3. The second-order valence-corrected chi connectivity index (χ2v) is 6.98. The van der Waals surface area contributed by atoms with E-state index in [-0.39, 0.29) is 17.5 Å². The Morgan fingerprint density at radius 1 is 1.18 bits per heavy atom. The Hall–Kier alpha value is -2.96. The maximum absolute atomic E-state index is 12.7. The number of aryl methyl sites for hydroxylation is 1. The Bertz CT molecular complexity index is 1020. The van der Waals surface area contributed by atoms with E-state index in [1.807, 2.05) is 18.2 Å². The molecule has 1 heterocycles. The van der Waals surface area contributed by atoms with Crippen LogP contribution in [0.5, 0.6) is 5.75 Å². The van der Waals surface area contributed by atoms with Gasteiger partial charge in [0.2, 0.25) is 0 Å². The molecular weight excluding hydrogens is 369 g/mol. The van der Waals surface area contributed by atoms with E-state index in [0.29, 0.717) is 6.42 Å². The third kappa shape index (κ3) is 3.44. The van der Waals surface area contributed by atoms with Crippen molar-refractivity contribution in [2.24, 2.45) is 0 Å². The number of carbonyl (C=O) groups is 1. The first-order chi connectivity index (χ1) is 13.3. The molecule has 1 amide bonds. The Morgan fingerprint density at radius 2 is 1.93 bits per heavy atom. The highest BCUT2D eigenvalue weighted by atomic mass is 19.4. The summed E-state index contributed by atoms with van der Waals surface area (Å²) in [4.78, 5) is 15.9. The average molecular weight is 388 g/mol. The van der Waals surface area contributed by atoms with E-state index in [2.05, 4.69) is 10.3 Å². The third-order valence-electron chi connectivity index (χ3n) is 5.20. The van der Waals surface area contributed by atoms with Crippen molar-refractivity contribution in [2.75, 3.05) is 7.11 Å². The van der Waals surface area contributed by atoms with Crippen LogP contribution in [0.2, 0.25) is 0 Å². The van der Waals surface area contributed by atoms with Crippen LogP contribution in [0.3, 0.4) is 0 Å². The van der Waals surface area contributed by atoms with Gasteiger partial charge in [0, 0.05) is 28.2 Å². The lowest BCUT2D eigenvalue weighted by Crippen LogP contribution is -2.38. The molecule has 4 rings (SSSR count). The summed E-state index contributed by atoms with van der Waals surface area (Å²) in [5.74, 6) is 0.407. The standard InChI is InChI=1S/C21H19F3N2O2/c1-28-15-7-9-19-17(11-15)16-10-14(6-8-18(16)26-19)25-20(27)12-2-4-13(5-3-12)21(22,23)24/h2-5,7,9,11,14,26H,6,8,10H2,1H3,(H,25,27). The van der Waals surface area contributed by atoms with E-state index in [9.17, 15) is 18.0 Å². The number of aromatic amines is 1. The van der Waals surface area contributed by atoms with Crippen molar-refractivity contribution in [3.8, 4) is 5.75 Å². The summed E-state index contributed by atoms with van der Waals surface area (Å²) in [7, 11) is 1.62. The monoisotopic (exact) mass is 388 g/mol. The number of amides is 1. The summed E-state index contributed by atoms with van der Waals surface area (Å²) in [6.45, 7) is 0. The molecule has 0 spiro atoms. The van der Waals surface area contributed by atoms with Gasteiger partial charge in [0.05, 0.1) is 12.7 Å². The van der Waals surface area contributed by atoms with Gasteiger partial charge in [0.15, 0.2) is 0 Å². The molecule has 1 unspecified atom stereocenters. The minimum atomic E-state index is -4.41. The summed E-state index contributed by atoms with van der Waals surface area (Å²) in [5.41, 5.74) is 2.79. The second-order valence-electron chi connectivity index (χ2n) is 6.98. The molecule has 0 bridgehead atoms. The fourth-order valence-corrected chi connectivity index (χ4v) is 3.73. The van der Waals surface area contributed by atoms with Crippen molar-refractivity contribution in [3.63, 3.8) is 0 Å². The van der Waals surface area contributed by atoms with Gasteiger partial charge < -0.3 is 15.0 Å². The molecule has 0 radical (unpaired) electrons. The summed E-state index contributed by atoms with van der Waals surface area (Å²) in [6.07, 6.45) is -2.19.